The molecule has 1 amide bonds. The highest BCUT2D eigenvalue weighted by atomic mass is 16.2. The first-order valence-electron chi connectivity index (χ1n) is 8.99. The molecule has 0 aliphatic carbocycles. The number of para-hydroxylation sites is 1. The number of hydrogen-bond donors (Lipinski definition) is 0. The van der Waals surface area contributed by atoms with Gasteiger partial charge in [0.15, 0.2) is 0 Å². The molecule has 6 heteroatoms. The van der Waals surface area contributed by atoms with Crippen LogP contribution in [-0.2, 0) is 17.9 Å². The van der Waals surface area contributed by atoms with Crippen molar-refractivity contribution >= 4 is 11.6 Å². The molecule has 1 aromatic carbocycles. The van der Waals surface area contributed by atoms with Crippen molar-refractivity contribution in [3.05, 3.63) is 42.5 Å². The van der Waals surface area contributed by atoms with Crippen LogP contribution >= 0.6 is 0 Å². The molecule has 25 heavy (non-hydrogen) atoms. The molecule has 2 aromatic rings. The molecule has 0 bridgehead atoms. The quantitative estimate of drug-likeness (QED) is 0.810. The maximum Gasteiger partial charge on any atom is 0.244 e. The third-order valence-corrected chi connectivity index (χ3v) is 4.63. The van der Waals surface area contributed by atoms with Crippen LogP contribution in [-0.4, -0.2) is 45.2 Å². The number of carbonyl (C=O) groups is 1. The minimum atomic E-state index is -0.113. The van der Waals surface area contributed by atoms with Crippen molar-refractivity contribution in [2.75, 3.05) is 18.5 Å². The molecule has 0 spiro atoms. The number of aromatic nitrogens is 3. The monoisotopic (exact) mass is 341 g/mol. The van der Waals surface area contributed by atoms with Crippen LogP contribution in [0.3, 0.4) is 0 Å². The summed E-state index contributed by atoms with van der Waals surface area (Å²) in [5, 5.41) is 4.32. The van der Waals surface area contributed by atoms with Crippen LogP contribution < -0.4 is 4.90 Å². The molecule has 1 aromatic heterocycles. The minimum absolute atomic E-state index is 0.113. The zero-order chi connectivity index (χ0) is 17.8. The van der Waals surface area contributed by atoms with Gasteiger partial charge in [-0.25, -0.2) is 9.67 Å². The summed E-state index contributed by atoms with van der Waals surface area (Å²) < 4.78 is 1.95. The molecule has 1 atom stereocenters. The molecule has 134 valence electrons. The van der Waals surface area contributed by atoms with Crippen LogP contribution in [0.4, 0.5) is 5.69 Å². The summed E-state index contributed by atoms with van der Waals surface area (Å²) in [6.45, 7) is 6.59. The van der Waals surface area contributed by atoms with Crippen LogP contribution in [0.1, 0.15) is 32.5 Å². The van der Waals surface area contributed by atoms with Gasteiger partial charge >= 0.3 is 0 Å². The first-order chi connectivity index (χ1) is 12.1. The van der Waals surface area contributed by atoms with Crippen LogP contribution in [0.2, 0.25) is 0 Å². The SMILES string of the molecule is CC(C)Cn1ncnc1CN(C)C1CCCN(c2ccccc2)C1=O. The molecule has 1 fully saturated rings. The molecule has 1 saturated heterocycles. The van der Waals surface area contributed by atoms with Gasteiger partial charge in [0, 0.05) is 18.8 Å². The lowest BCUT2D eigenvalue weighted by Crippen LogP contribution is -2.51. The van der Waals surface area contributed by atoms with Gasteiger partial charge in [0.05, 0.1) is 12.6 Å². The summed E-state index contributed by atoms with van der Waals surface area (Å²) in [6.07, 6.45) is 3.50. The highest BCUT2D eigenvalue weighted by Gasteiger charge is 2.32. The van der Waals surface area contributed by atoms with Gasteiger partial charge in [0.1, 0.15) is 12.2 Å². The van der Waals surface area contributed by atoms with Gasteiger partial charge in [-0.3, -0.25) is 9.69 Å². The zero-order valence-corrected chi connectivity index (χ0v) is 15.3. The van der Waals surface area contributed by atoms with Crippen molar-refractivity contribution in [3.8, 4) is 0 Å². The molecule has 3 rings (SSSR count). The van der Waals surface area contributed by atoms with Crippen molar-refractivity contribution in [2.45, 2.75) is 45.8 Å². The third kappa shape index (κ3) is 4.07. The van der Waals surface area contributed by atoms with Gasteiger partial charge in [-0.05, 0) is 37.9 Å². The summed E-state index contributed by atoms with van der Waals surface area (Å²) in [5.41, 5.74) is 0.980. The molecular weight excluding hydrogens is 314 g/mol. The molecule has 1 unspecified atom stereocenters. The number of rotatable bonds is 6. The molecule has 6 nitrogen and oxygen atoms in total. The Hall–Kier alpha value is -2.21. The van der Waals surface area contributed by atoms with E-state index >= 15 is 0 Å². The molecule has 1 aliphatic rings. The summed E-state index contributed by atoms with van der Waals surface area (Å²) in [5.74, 6) is 1.60. The lowest BCUT2D eigenvalue weighted by Gasteiger charge is -2.36. The van der Waals surface area contributed by atoms with E-state index in [4.69, 9.17) is 0 Å². The van der Waals surface area contributed by atoms with Crippen molar-refractivity contribution in [3.63, 3.8) is 0 Å². The topological polar surface area (TPSA) is 54.3 Å². The Bertz CT molecular complexity index is 697. The Morgan fingerprint density at radius 1 is 1.28 bits per heavy atom. The number of amides is 1. The van der Waals surface area contributed by atoms with Crippen LogP contribution in [0.15, 0.2) is 36.7 Å². The number of carbonyl (C=O) groups excluding carboxylic acids is 1. The van der Waals surface area contributed by atoms with E-state index in [9.17, 15) is 4.79 Å². The number of piperidine rings is 1. The Balaban J connectivity index is 1.70. The summed E-state index contributed by atoms with van der Waals surface area (Å²) >= 11 is 0. The maximum atomic E-state index is 13.0. The smallest absolute Gasteiger partial charge is 0.244 e. The number of hydrogen-bond acceptors (Lipinski definition) is 4. The maximum absolute atomic E-state index is 13.0. The summed E-state index contributed by atoms with van der Waals surface area (Å²) in [7, 11) is 2.01. The number of benzene rings is 1. The summed E-state index contributed by atoms with van der Waals surface area (Å²) in [4.78, 5) is 21.4. The van der Waals surface area contributed by atoms with E-state index in [1.807, 2.05) is 47.0 Å². The van der Waals surface area contributed by atoms with Gasteiger partial charge < -0.3 is 4.90 Å². The zero-order valence-electron chi connectivity index (χ0n) is 15.3. The normalized spacial score (nSPS) is 18.4. The van der Waals surface area contributed by atoms with Gasteiger partial charge in [-0.1, -0.05) is 32.0 Å². The minimum Gasteiger partial charge on any atom is -0.311 e. The van der Waals surface area contributed by atoms with E-state index in [2.05, 4.69) is 28.8 Å². The van der Waals surface area contributed by atoms with E-state index in [-0.39, 0.29) is 11.9 Å². The second-order valence-electron chi connectivity index (χ2n) is 7.15. The van der Waals surface area contributed by atoms with E-state index in [1.165, 1.54) is 0 Å². The lowest BCUT2D eigenvalue weighted by molar-refractivity contribution is -0.125. The van der Waals surface area contributed by atoms with E-state index in [1.54, 1.807) is 6.33 Å². The van der Waals surface area contributed by atoms with Crippen LogP contribution in [0.25, 0.3) is 0 Å². The van der Waals surface area contributed by atoms with Gasteiger partial charge in [0.25, 0.3) is 0 Å². The fourth-order valence-electron chi connectivity index (χ4n) is 3.37. The molecule has 0 N–H and O–H groups in total. The second-order valence-corrected chi connectivity index (χ2v) is 7.15. The Kier molecular flexibility index (Phi) is 5.48. The van der Waals surface area contributed by atoms with Crippen molar-refractivity contribution in [1.29, 1.82) is 0 Å². The molecule has 0 saturated carbocycles. The second kappa shape index (κ2) is 7.78. The lowest BCUT2D eigenvalue weighted by atomic mass is 10.0. The van der Waals surface area contributed by atoms with Crippen molar-refractivity contribution in [2.24, 2.45) is 5.92 Å². The summed E-state index contributed by atoms with van der Waals surface area (Å²) in [6, 6.07) is 9.81. The molecule has 0 radical (unpaired) electrons. The Morgan fingerprint density at radius 3 is 2.76 bits per heavy atom. The average Bonchev–Trinajstić information content (AvgIpc) is 3.02. The Labute approximate surface area is 149 Å². The number of likely N-dealkylation sites (N-methyl/N-ethyl adjacent to an activating group) is 1. The van der Waals surface area contributed by atoms with Crippen LogP contribution in [0, 0.1) is 5.92 Å². The number of anilines is 1. The van der Waals surface area contributed by atoms with Crippen LogP contribution in [0.5, 0.6) is 0 Å². The third-order valence-electron chi connectivity index (χ3n) is 4.63. The predicted octanol–water partition coefficient (Wildman–Crippen LogP) is 2.56. The number of nitrogens with zero attached hydrogens (tertiary/aromatic N) is 5. The van der Waals surface area contributed by atoms with Gasteiger partial charge in [-0.2, -0.15) is 5.10 Å². The van der Waals surface area contributed by atoms with E-state index < -0.39 is 0 Å². The predicted molar refractivity (Wildman–Crippen MR) is 98.1 cm³/mol. The fraction of sp³-hybridized carbons (Fsp3) is 0.526. The largest absolute Gasteiger partial charge is 0.311 e. The van der Waals surface area contributed by atoms with Gasteiger partial charge in [-0.15, -0.1) is 0 Å². The highest BCUT2D eigenvalue weighted by Crippen LogP contribution is 2.23. The standard InChI is InChI=1S/C19H27N5O/c1-15(2)12-24-18(20-14-21-24)13-22(3)17-10-7-11-23(19(17)25)16-8-5-4-6-9-16/h4-6,8-9,14-15,17H,7,10-13H2,1-3H3. The molecule has 1 aliphatic heterocycles. The highest BCUT2D eigenvalue weighted by molar-refractivity contribution is 5.97. The first kappa shape index (κ1) is 17.6. The molecule has 2 heterocycles. The van der Waals surface area contributed by atoms with Crippen molar-refractivity contribution in [1.82, 2.24) is 19.7 Å². The van der Waals surface area contributed by atoms with Gasteiger partial charge in [0.2, 0.25) is 5.91 Å². The molecular formula is C19H27N5O. The van der Waals surface area contributed by atoms with E-state index in [0.717, 1.165) is 37.4 Å². The van der Waals surface area contributed by atoms with Crippen molar-refractivity contribution < 1.29 is 4.79 Å². The Morgan fingerprint density at radius 2 is 2.04 bits per heavy atom. The van der Waals surface area contributed by atoms with E-state index in [0.29, 0.717) is 12.5 Å². The fourth-order valence-corrected chi connectivity index (χ4v) is 3.37. The average molecular weight is 341 g/mol. The first-order valence-corrected chi connectivity index (χ1v) is 8.99.